The third kappa shape index (κ3) is 5.16. The zero-order chi connectivity index (χ0) is 13.4. The van der Waals surface area contributed by atoms with E-state index in [-0.39, 0.29) is 0 Å². The molecule has 0 saturated carbocycles. The van der Waals surface area contributed by atoms with Gasteiger partial charge in [-0.1, -0.05) is 11.6 Å². The van der Waals surface area contributed by atoms with Gasteiger partial charge in [-0.25, -0.2) is 9.97 Å². The molecular weight excluding hydrogens is 254 g/mol. The lowest BCUT2D eigenvalue weighted by molar-refractivity contribution is 0.128. The van der Waals surface area contributed by atoms with Crippen LogP contribution >= 0.6 is 11.6 Å². The van der Waals surface area contributed by atoms with Crippen molar-refractivity contribution in [2.24, 2.45) is 0 Å². The summed E-state index contributed by atoms with van der Waals surface area (Å²) in [6, 6.07) is 1.75. The van der Waals surface area contributed by atoms with Crippen LogP contribution in [0.5, 0.6) is 0 Å². The minimum absolute atomic E-state index is 0.385. The summed E-state index contributed by atoms with van der Waals surface area (Å²) in [4.78, 5) is 10.6. The molecule has 0 spiro atoms. The highest BCUT2D eigenvalue weighted by Crippen LogP contribution is 2.15. The van der Waals surface area contributed by atoms with E-state index in [1.54, 1.807) is 13.2 Å². The minimum atomic E-state index is 0.385. The smallest absolute Gasteiger partial charge is 0.158 e. The number of hydrogen-bond acceptors (Lipinski definition) is 5. The van der Waals surface area contributed by atoms with Crippen molar-refractivity contribution in [3.05, 3.63) is 17.0 Å². The fourth-order valence-electron chi connectivity index (χ4n) is 1.47. The Balaban J connectivity index is 2.65. The van der Waals surface area contributed by atoms with Gasteiger partial charge in [0.15, 0.2) is 5.82 Å². The van der Waals surface area contributed by atoms with E-state index in [9.17, 15) is 0 Å². The van der Waals surface area contributed by atoms with Gasteiger partial charge in [0, 0.05) is 40.0 Å². The number of rotatable bonds is 8. The molecule has 6 heteroatoms. The van der Waals surface area contributed by atoms with Crippen LogP contribution in [0.15, 0.2) is 6.07 Å². The number of aromatic nitrogens is 2. The van der Waals surface area contributed by atoms with E-state index in [1.165, 1.54) is 0 Å². The third-order valence-electron chi connectivity index (χ3n) is 2.40. The Hall–Kier alpha value is -0.910. The average Bonchev–Trinajstić information content (AvgIpc) is 2.36. The summed E-state index contributed by atoms with van der Waals surface area (Å²) in [7, 11) is 3.67. The van der Waals surface area contributed by atoms with E-state index in [4.69, 9.17) is 21.1 Å². The van der Waals surface area contributed by atoms with E-state index in [1.807, 2.05) is 18.9 Å². The second-order valence-corrected chi connectivity index (χ2v) is 4.26. The molecule has 1 aromatic rings. The van der Waals surface area contributed by atoms with Crippen LogP contribution in [0.2, 0.25) is 5.15 Å². The first-order valence-electron chi connectivity index (χ1n) is 5.98. The van der Waals surface area contributed by atoms with E-state index in [0.717, 1.165) is 25.4 Å². The van der Waals surface area contributed by atoms with Crippen molar-refractivity contribution >= 4 is 17.4 Å². The van der Waals surface area contributed by atoms with E-state index >= 15 is 0 Å². The zero-order valence-corrected chi connectivity index (χ0v) is 11.9. The molecule has 5 nitrogen and oxygen atoms in total. The monoisotopic (exact) mass is 273 g/mol. The van der Waals surface area contributed by atoms with E-state index in [0.29, 0.717) is 24.2 Å². The number of halogens is 1. The van der Waals surface area contributed by atoms with E-state index < -0.39 is 0 Å². The molecule has 1 rings (SSSR count). The summed E-state index contributed by atoms with van der Waals surface area (Å²) in [6.07, 6.45) is 0.940. The first-order chi connectivity index (χ1) is 8.67. The lowest BCUT2D eigenvalue weighted by atomic mass is 10.4. The summed E-state index contributed by atoms with van der Waals surface area (Å²) in [5.41, 5.74) is 0. The molecule has 1 aromatic heterocycles. The number of hydrogen-bond donors (Lipinski definition) is 0. The number of nitrogens with zero attached hydrogens (tertiary/aromatic N) is 3. The highest BCUT2D eigenvalue weighted by molar-refractivity contribution is 6.29. The van der Waals surface area contributed by atoms with Crippen molar-refractivity contribution in [2.75, 3.05) is 38.8 Å². The van der Waals surface area contributed by atoms with Crippen LogP contribution in [0, 0.1) is 0 Å². The van der Waals surface area contributed by atoms with Gasteiger partial charge in [0.05, 0.1) is 0 Å². The predicted molar refractivity (Wildman–Crippen MR) is 72.1 cm³/mol. The highest BCUT2D eigenvalue weighted by atomic mass is 35.5. The Bertz CT molecular complexity index is 363. The lowest BCUT2D eigenvalue weighted by Crippen LogP contribution is -2.21. The van der Waals surface area contributed by atoms with Gasteiger partial charge in [-0.3, -0.25) is 0 Å². The third-order valence-corrected chi connectivity index (χ3v) is 2.59. The fraction of sp³-hybridized carbons (Fsp3) is 0.667. The SMILES string of the molecule is CCOCc1nc(Cl)cc(N(C)CCCOC)n1. The van der Waals surface area contributed by atoms with Crippen LogP contribution in [0.3, 0.4) is 0 Å². The van der Waals surface area contributed by atoms with Crippen LogP contribution in [-0.2, 0) is 16.1 Å². The molecule has 0 saturated heterocycles. The van der Waals surface area contributed by atoms with Crippen molar-refractivity contribution < 1.29 is 9.47 Å². The van der Waals surface area contributed by atoms with Crippen molar-refractivity contribution in [2.45, 2.75) is 20.0 Å². The molecule has 0 N–H and O–H groups in total. The lowest BCUT2D eigenvalue weighted by Gasteiger charge is -2.18. The standard InChI is InChI=1S/C12H20ClN3O2/c1-4-18-9-11-14-10(13)8-12(15-11)16(2)6-5-7-17-3/h8H,4-7,9H2,1-3H3. The Kier molecular flexibility index (Phi) is 6.93. The predicted octanol–water partition coefficient (Wildman–Crippen LogP) is 2.14. The Labute approximate surface area is 113 Å². The molecular formula is C12H20ClN3O2. The molecule has 0 aliphatic carbocycles. The Morgan fingerprint density at radius 3 is 2.83 bits per heavy atom. The van der Waals surface area contributed by atoms with Crippen LogP contribution < -0.4 is 4.90 Å². The van der Waals surface area contributed by atoms with Crippen molar-refractivity contribution in [3.8, 4) is 0 Å². The van der Waals surface area contributed by atoms with Gasteiger partial charge in [-0.05, 0) is 13.3 Å². The van der Waals surface area contributed by atoms with Crippen LogP contribution in [0.4, 0.5) is 5.82 Å². The molecule has 0 aliphatic rings. The highest BCUT2D eigenvalue weighted by Gasteiger charge is 2.07. The topological polar surface area (TPSA) is 47.5 Å². The van der Waals surface area contributed by atoms with E-state index in [2.05, 4.69) is 9.97 Å². The van der Waals surface area contributed by atoms with Crippen LogP contribution in [0.1, 0.15) is 19.2 Å². The summed E-state index contributed by atoms with van der Waals surface area (Å²) < 4.78 is 10.3. The molecule has 0 unspecified atom stereocenters. The maximum absolute atomic E-state index is 5.98. The molecule has 0 aromatic carbocycles. The number of ether oxygens (including phenoxy) is 2. The molecule has 1 heterocycles. The van der Waals surface area contributed by atoms with Gasteiger partial charge >= 0.3 is 0 Å². The van der Waals surface area contributed by atoms with Crippen molar-refractivity contribution in [3.63, 3.8) is 0 Å². The maximum Gasteiger partial charge on any atom is 0.158 e. The molecule has 0 atom stereocenters. The quantitative estimate of drug-likeness (QED) is 0.536. The van der Waals surface area contributed by atoms with Gasteiger partial charge in [-0.15, -0.1) is 0 Å². The first-order valence-corrected chi connectivity index (χ1v) is 6.36. The zero-order valence-electron chi connectivity index (χ0n) is 11.1. The Morgan fingerprint density at radius 1 is 1.39 bits per heavy atom. The first kappa shape index (κ1) is 15.1. The molecule has 0 aliphatic heterocycles. The van der Waals surface area contributed by atoms with Crippen molar-refractivity contribution in [1.29, 1.82) is 0 Å². The maximum atomic E-state index is 5.98. The molecule has 0 amide bonds. The van der Waals surface area contributed by atoms with Crippen molar-refractivity contribution in [1.82, 2.24) is 9.97 Å². The molecule has 0 bridgehead atoms. The summed E-state index contributed by atoms with van der Waals surface area (Å²) in [5.74, 6) is 1.42. The summed E-state index contributed by atoms with van der Waals surface area (Å²) >= 11 is 5.98. The van der Waals surface area contributed by atoms with Gasteiger partial charge in [0.2, 0.25) is 0 Å². The molecule has 0 radical (unpaired) electrons. The largest absolute Gasteiger partial charge is 0.385 e. The van der Waals surface area contributed by atoms with Crippen LogP contribution in [0.25, 0.3) is 0 Å². The number of methoxy groups -OCH3 is 1. The summed E-state index contributed by atoms with van der Waals surface area (Å²) in [6.45, 7) is 4.54. The second kappa shape index (κ2) is 8.24. The van der Waals surface area contributed by atoms with Crippen LogP contribution in [-0.4, -0.2) is 43.9 Å². The number of anilines is 1. The normalized spacial score (nSPS) is 10.7. The Morgan fingerprint density at radius 2 is 2.17 bits per heavy atom. The van der Waals surface area contributed by atoms with Gasteiger partial charge in [0.1, 0.15) is 17.6 Å². The van der Waals surface area contributed by atoms with Gasteiger partial charge in [-0.2, -0.15) is 0 Å². The minimum Gasteiger partial charge on any atom is -0.385 e. The average molecular weight is 274 g/mol. The fourth-order valence-corrected chi connectivity index (χ4v) is 1.66. The molecule has 102 valence electrons. The summed E-state index contributed by atoms with van der Waals surface area (Å²) in [5, 5.41) is 0.438. The second-order valence-electron chi connectivity index (χ2n) is 3.87. The molecule has 18 heavy (non-hydrogen) atoms. The van der Waals surface area contributed by atoms with Gasteiger partial charge < -0.3 is 14.4 Å². The molecule has 0 fully saturated rings. The van der Waals surface area contributed by atoms with Gasteiger partial charge in [0.25, 0.3) is 0 Å².